The van der Waals surface area contributed by atoms with Crippen molar-refractivity contribution in [1.29, 1.82) is 0 Å². The van der Waals surface area contributed by atoms with Gasteiger partial charge < -0.3 is 14.5 Å². The van der Waals surface area contributed by atoms with E-state index in [2.05, 4.69) is 10.1 Å². The molecule has 1 amide bonds. The predicted molar refractivity (Wildman–Crippen MR) is 68.4 cm³/mol. The normalized spacial score (nSPS) is 10.4. The SMILES string of the molecule is CCN(CCO)C(=O)c1cc(-c2cccnc2)on1. The first-order valence-corrected chi connectivity index (χ1v) is 6.03. The topological polar surface area (TPSA) is 79.5 Å². The third-order valence-electron chi connectivity index (χ3n) is 2.71. The van der Waals surface area contributed by atoms with Gasteiger partial charge in [-0.25, -0.2) is 0 Å². The van der Waals surface area contributed by atoms with Gasteiger partial charge in [-0.2, -0.15) is 0 Å². The molecule has 2 aromatic heterocycles. The standard InChI is InChI=1S/C13H15N3O3/c1-2-16(6-7-17)13(18)11-8-12(19-15-11)10-4-3-5-14-9-10/h3-5,8-9,17H,2,6-7H2,1H3. The summed E-state index contributed by atoms with van der Waals surface area (Å²) in [6.45, 7) is 2.56. The summed E-state index contributed by atoms with van der Waals surface area (Å²) in [4.78, 5) is 17.6. The van der Waals surface area contributed by atoms with E-state index in [1.807, 2.05) is 13.0 Å². The van der Waals surface area contributed by atoms with Crippen molar-refractivity contribution in [3.8, 4) is 11.3 Å². The number of likely N-dealkylation sites (N-methyl/N-ethyl adjacent to an activating group) is 1. The molecule has 0 aliphatic rings. The minimum atomic E-state index is -0.254. The smallest absolute Gasteiger partial charge is 0.276 e. The lowest BCUT2D eigenvalue weighted by Gasteiger charge is -2.17. The largest absolute Gasteiger partial charge is 0.395 e. The fourth-order valence-corrected chi connectivity index (χ4v) is 1.71. The highest BCUT2D eigenvalue weighted by atomic mass is 16.5. The zero-order valence-electron chi connectivity index (χ0n) is 10.6. The van der Waals surface area contributed by atoms with Gasteiger partial charge >= 0.3 is 0 Å². The van der Waals surface area contributed by atoms with Gasteiger partial charge in [0.05, 0.1) is 6.61 Å². The molecule has 2 aromatic rings. The summed E-state index contributed by atoms with van der Waals surface area (Å²) in [7, 11) is 0. The molecular formula is C13H15N3O3. The summed E-state index contributed by atoms with van der Waals surface area (Å²) < 4.78 is 5.14. The number of amides is 1. The second-order valence-corrected chi connectivity index (χ2v) is 3.93. The van der Waals surface area contributed by atoms with Gasteiger partial charge in [-0.1, -0.05) is 5.16 Å². The zero-order chi connectivity index (χ0) is 13.7. The molecule has 0 unspecified atom stereocenters. The molecule has 2 rings (SSSR count). The van der Waals surface area contributed by atoms with Gasteiger partial charge in [-0.05, 0) is 19.1 Å². The van der Waals surface area contributed by atoms with Crippen molar-refractivity contribution >= 4 is 5.91 Å². The van der Waals surface area contributed by atoms with E-state index in [1.165, 1.54) is 4.90 Å². The number of aliphatic hydroxyl groups excluding tert-OH is 1. The van der Waals surface area contributed by atoms with Gasteiger partial charge in [0.25, 0.3) is 5.91 Å². The van der Waals surface area contributed by atoms with Gasteiger partial charge in [0, 0.05) is 37.1 Å². The van der Waals surface area contributed by atoms with Crippen molar-refractivity contribution in [3.05, 3.63) is 36.3 Å². The van der Waals surface area contributed by atoms with E-state index in [4.69, 9.17) is 9.63 Å². The molecule has 6 heteroatoms. The van der Waals surface area contributed by atoms with Gasteiger partial charge in [-0.3, -0.25) is 9.78 Å². The van der Waals surface area contributed by atoms with E-state index in [0.717, 1.165) is 5.56 Å². The third-order valence-corrected chi connectivity index (χ3v) is 2.71. The Hall–Kier alpha value is -2.21. The molecule has 0 aliphatic heterocycles. The molecule has 0 spiro atoms. The summed E-state index contributed by atoms with van der Waals surface area (Å²) >= 11 is 0. The summed E-state index contributed by atoms with van der Waals surface area (Å²) in [6, 6.07) is 5.19. The number of pyridine rings is 1. The fourth-order valence-electron chi connectivity index (χ4n) is 1.71. The third kappa shape index (κ3) is 2.97. The van der Waals surface area contributed by atoms with Crippen molar-refractivity contribution < 1.29 is 14.4 Å². The van der Waals surface area contributed by atoms with E-state index >= 15 is 0 Å². The quantitative estimate of drug-likeness (QED) is 0.874. The van der Waals surface area contributed by atoms with Gasteiger partial charge in [0.2, 0.25) is 0 Å². The molecule has 6 nitrogen and oxygen atoms in total. The summed E-state index contributed by atoms with van der Waals surface area (Å²) in [5, 5.41) is 12.7. The summed E-state index contributed by atoms with van der Waals surface area (Å²) in [6.07, 6.45) is 3.30. The number of aliphatic hydroxyl groups is 1. The Morgan fingerprint density at radius 2 is 2.37 bits per heavy atom. The molecule has 0 fully saturated rings. The second-order valence-electron chi connectivity index (χ2n) is 3.93. The van der Waals surface area contributed by atoms with E-state index in [0.29, 0.717) is 12.3 Å². The highest BCUT2D eigenvalue weighted by molar-refractivity contribution is 5.93. The van der Waals surface area contributed by atoms with Crippen molar-refractivity contribution in [2.45, 2.75) is 6.92 Å². The van der Waals surface area contributed by atoms with Crippen LogP contribution in [0.1, 0.15) is 17.4 Å². The molecule has 19 heavy (non-hydrogen) atoms. The highest BCUT2D eigenvalue weighted by Gasteiger charge is 2.18. The number of hydrogen-bond donors (Lipinski definition) is 1. The highest BCUT2D eigenvalue weighted by Crippen LogP contribution is 2.19. The van der Waals surface area contributed by atoms with Crippen molar-refractivity contribution in [2.75, 3.05) is 19.7 Å². The van der Waals surface area contributed by atoms with Crippen LogP contribution in [0, 0.1) is 0 Å². The molecule has 2 heterocycles. The van der Waals surface area contributed by atoms with Crippen LogP contribution in [0.2, 0.25) is 0 Å². The van der Waals surface area contributed by atoms with E-state index < -0.39 is 0 Å². The van der Waals surface area contributed by atoms with Crippen LogP contribution in [-0.4, -0.2) is 45.8 Å². The first kappa shape index (κ1) is 13.2. The second kappa shape index (κ2) is 6.10. The monoisotopic (exact) mass is 261 g/mol. The van der Waals surface area contributed by atoms with Gasteiger partial charge in [-0.15, -0.1) is 0 Å². The fraction of sp³-hybridized carbons (Fsp3) is 0.308. The number of nitrogens with zero attached hydrogens (tertiary/aromatic N) is 3. The summed E-state index contributed by atoms with van der Waals surface area (Å²) in [5.74, 6) is 0.243. The number of carbonyl (C=O) groups excluding carboxylic acids is 1. The van der Waals surface area contributed by atoms with E-state index in [1.54, 1.807) is 24.5 Å². The molecule has 0 aromatic carbocycles. The summed E-state index contributed by atoms with van der Waals surface area (Å²) in [5.41, 5.74) is 0.994. The van der Waals surface area contributed by atoms with Crippen LogP contribution >= 0.6 is 0 Å². The molecule has 0 bridgehead atoms. The Labute approximate surface area is 110 Å². The van der Waals surface area contributed by atoms with Gasteiger partial charge in [0.15, 0.2) is 11.5 Å². The number of aromatic nitrogens is 2. The molecule has 0 saturated heterocycles. The van der Waals surface area contributed by atoms with E-state index in [9.17, 15) is 4.79 Å². The molecule has 0 radical (unpaired) electrons. The number of rotatable bonds is 5. The Kier molecular flexibility index (Phi) is 4.25. The van der Waals surface area contributed by atoms with Crippen LogP contribution in [0.4, 0.5) is 0 Å². The minimum absolute atomic E-state index is 0.0765. The van der Waals surface area contributed by atoms with Crippen LogP contribution < -0.4 is 0 Å². The molecule has 0 aliphatic carbocycles. The van der Waals surface area contributed by atoms with E-state index in [-0.39, 0.29) is 24.8 Å². The molecule has 100 valence electrons. The Morgan fingerprint density at radius 1 is 1.53 bits per heavy atom. The average Bonchev–Trinajstić information content (AvgIpc) is 2.95. The first-order chi connectivity index (χ1) is 9.26. The van der Waals surface area contributed by atoms with Crippen LogP contribution in [0.3, 0.4) is 0 Å². The molecule has 0 saturated carbocycles. The molecule has 1 N–H and O–H groups in total. The molecule has 0 atom stereocenters. The maximum absolute atomic E-state index is 12.1. The predicted octanol–water partition coefficient (Wildman–Crippen LogP) is 1.19. The Balaban J connectivity index is 2.19. The first-order valence-electron chi connectivity index (χ1n) is 6.03. The Bertz CT molecular complexity index is 539. The van der Waals surface area contributed by atoms with Crippen LogP contribution in [0.25, 0.3) is 11.3 Å². The van der Waals surface area contributed by atoms with Crippen molar-refractivity contribution in [3.63, 3.8) is 0 Å². The lowest BCUT2D eigenvalue weighted by Crippen LogP contribution is -2.33. The maximum Gasteiger partial charge on any atom is 0.276 e. The van der Waals surface area contributed by atoms with Crippen LogP contribution in [0.15, 0.2) is 35.1 Å². The zero-order valence-corrected chi connectivity index (χ0v) is 10.6. The minimum Gasteiger partial charge on any atom is -0.395 e. The van der Waals surface area contributed by atoms with Gasteiger partial charge in [0.1, 0.15) is 0 Å². The van der Waals surface area contributed by atoms with Crippen molar-refractivity contribution in [2.24, 2.45) is 0 Å². The van der Waals surface area contributed by atoms with Crippen molar-refractivity contribution in [1.82, 2.24) is 15.0 Å². The maximum atomic E-state index is 12.1. The molecular weight excluding hydrogens is 246 g/mol. The van der Waals surface area contributed by atoms with Crippen LogP contribution in [-0.2, 0) is 0 Å². The number of hydrogen-bond acceptors (Lipinski definition) is 5. The number of carbonyl (C=O) groups is 1. The Morgan fingerprint density at radius 3 is 3.00 bits per heavy atom. The lowest BCUT2D eigenvalue weighted by molar-refractivity contribution is 0.0721. The average molecular weight is 261 g/mol. The lowest BCUT2D eigenvalue weighted by atomic mass is 10.2. The van der Waals surface area contributed by atoms with Crippen LogP contribution in [0.5, 0.6) is 0 Å².